The van der Waals surface area contributed by atoms with Crippen molar-refractivity contribution in [2.75, 3.05) is 0 Å². The Morgan fingerprint density at radius 1 is 1.04 bits per heavy atom. The van der Waals surface area contributed by atoms with Gasteiger partial charge in [-0.15, -0.1) is 23.5 Å². The van der Waals surface area contributed by atoms with E-state index in [0.29, 0.717) is 5.25 Å². The summed E-state index contributed by atoms with van der Waals surface area (Å²) < 4.78 is 31.2. The quantitative estimate of drug-likeness (QED) is 0.755. The van der Waals surface area contributed by atoms with Crippen LogP contribution in [-0.4, -0.2) is 44.8 Å². The summed E-state index contributed by atoms with van der Waals surface area (Å²) in [4.78, 5) is 10.6. The van der Waals surface area contributed by atoms with Crippen LogP contribution < -0.4 is 0 Å². The summed E-state index contributed by atoms with van der Waals surface area (Å²) >= 11 is 2.80. The number of aliphatic hydroxyl groups excluding tert-OH is 1. The van der Waals surface area contributed by atoms with Gasteiger partial charge in [0.25, 0.3) is 0 Å². The van der Waals surface area contributed by atoms with Gasteiger partial charge < -0.3 is 9.84 Å². The molecule has 8 atom stereocenters. The van der Waals surface area contributed by atoms with Gasteiger partial charge in [0.05, 0.1) is 0 Å². The first kappa shape index (κ1) is 21.0. The molecular formula is C16H28F2O3S2. The summed E-state index contributed by atoms with van der Waals surface area (Å²) in [6.07, 6.45) is -0.165. The van der Waals surface area contributed by atoms with Crippen LogP contribution in [0.25, 0.3) is 0 Å². The second-order valence-corrected chi connectivity index (χ2v) is 8.84. The second kappa shape index (κ2) is 9.47. The van der Waals surface area contributed by atoms with Crippen LogP contribution in [0.2, 0.25) is 0 Å². The zero-order valence-corrected chi connectivity index (χ0v) is 16.0. The fourth-order valence-electron chi connectivity index (χ4n) is 2.86. The average molecular weight is 371 g/mol. The highest BCUT2D eigenvalue weighted by molar-refractivity contribution is 8.00. The fraction of sp³-hybridized carbons (Fsp3) is 0.938. The SMILES string of the molecule is CC[C@H]1SC(O)[C@@H](F)[C@@H]1C.CC[C@H]1SC(OC(C)=O)[C@@H](F)[C@@H]1C. The van der Waals surface area contributed by atoms with Crippen molar-refractivity contribution in [3.8, 4) is 0 Å². The third kappa shape index (κ3) is 5.49. The summed E-state index contributed by atoms with van der Waals surface area (Å²) in [5.74, 6) is -0.395. The van der Waals surface area contributed by atoms with Gasteiger partial charge in [-0.2, -0.15) is 0 Å². The van der Waals surface area contributed by atoms with Crippen LogP contribution in [0.5, 0.6) is 0 Å². The molecule has 1 N–H and O–H groups in total. The minimum absolute atomic E-state index is 0.0145. The number of ether oxygens (including phenoxy) is 1. The lowest BCUT2D eigenvalue weighted by Crippen LogP contribution is -2.24. The van der Waals surface area contributed by atoms with Crippen LogP contribution in [0, 0.1) is 11.8 Å². The Balaban J connectivity index is 0.000000238. The molecule has 23 heavy (non-hydrogen) atoms. The van der Waals surface area contributed by atoms with Crippen LogP contribution in [0.4, 0.5) is 8.78 Å². The molecule has 2 aliphatic rings. The molecule has 0 aromatic heterocycles. The third-order valence-electron chi connectivity index (χ3n) is 4.42. The smallest absolute Gasteiger partial charge is 0.303 e. The third-order valence-corrected chi connectivity index (χ3v) is 7.81. The van der Waals surface area contributed by atoms with Gasteiger partial charge in [0.1, 0.15) is 11.6 Å². The first-order chi connectivity index (χ1) is 10.7. The van der Waals surface area contributed by atoms with Gasteiger partial charge in [-0.25, -0.2) is 8.78 Å². The van der Waals surface area contributed by atoms with Gasteiger partial charge in [0, 0.05) is 29.3 Å². The van der Waals surface area contributed by atoms with Crippen LogP contribution in [0.1, 0.15) is 47.5 Å². The lowest BCUT2D eigenvalue weighted by Gasteiger charge is -2.13. The number of rotatable bonds is 3. The first-order valence-corrected chi connectivity index (χ1v) is 10.1. The fourth-order valence-corrected chi connectivity index (χ4v) is 5.73. The number of hydrogen-bond donors (Lipinski definition) is 1. The Bertz CT molecular complexity index is 386. The number of halogens is 2. The topological polar surface area (TPSA) is 46.5 Å². The molecule has 0 aromatic carbocycles. The molecule has 0 spiro atoms. The normalized spacial score (nSPS) is 43.0. The number of carbonyl (C=O) groups is 1. The molecule has 7 heteroatoms. The number of esters is 1. The van der Waals surface area contributed by atoms with Crippen molar-refractivity contribution in [3.63, 3.8) is 0 Å². The molecule has 0 saturated carbocycles. The molecule has 2 aliphatic heterocycles. The molecule has 3 nitrogen and oxygen atoms in total. The molecule has 2 unspecified atom stereocenters. The van der Waals surface area contributed by atoms with Gasteiger partial charge in [-0.3, -0.25) is 4.79 Å². The van der Waals surface area contributed by atoms with Crippen molar-refractivity contribution >= 4 is 29.5 Å². The molecule has 0 aromatic rings. The Hall–Kier alpha value is -0.0100. The van der Waals surface area contributed by atoms with Crippen molar-refractivity contribution in [2.24, 2.45) is 11.8 Å². The standard InChI is InChI=1S/C9H15FO2S.C7H13FOS/c1-4-7-5(2)8(10)9(13-7)12-6(3)11;1-3-5-4(2)6(8)7(9)10-5/h5,7-9H,4H2,1-3H3;4-7,9H,3H2,1-2H3/t5-,7-,8+,9?;4-,5-,6+,7?/m11/s1. The molecule has 0 amide bonds. The van der Waals surface area contributed by atoms with Crippen LogP contribution in [0.3, 0.4) is 0 Å². The second-order valence-electron chi connectivity index (χ2n) is 6.14. The largest absolute Gasteiger partial charge is 0.448 e. The molecule has 0 aliphatic carbocycles. The van der Waals surface area contributed by atoms with E-state index in [2.05, 4.69) is 0 Å². The first-order valence-electron chi connectivity index (χ1n) is 8.17. The highest BCUT2D eigenvalue weighted by Crippen LogP contribution is 2.42. The Morgan fingerprint density at radius 2 is 1.52 bits per heavy atom. The highest BCUT2D eigenvalue weighted by Gasteiger charge is 2.43. The maximum absolute atomic E-state index is 13.5. The molecule has 136 valence electrons. The zero-order valence-electron chi connectivity index (χ0n) is 14.4. The minimum Gasteiger partial charge on any atom is -0.448 e. The zero-order chi connectivity index (χ0) is 17.7. The highest BCUT2D eigenvalue weighted by atomic mass is 32.2. The number of thioether (sulfide) groups is 2. The average Bonchev–Trinajstić information content (AvgIpc) is 2.92. The van der Waals surface area contributed by atoms with E-state index in [1.54, 1.807) is 0 Å². The molecule has 2 fully saturated rings. The van der Waals surface area contributed by atoms with Gasteiger partial charge in [0.2, 0.25) is 0 Å². The monoisotopic (exact) mass is 370 g/mol. The molecule has 2 heterocycles. The number of carbonyl (C=O) groups excluding carboxylic acids is 1. The van der Waals surface area contributed by atoms with Crippen LogP contribution in [-0.2, 0) is 9.53 Å². The van der Waals surface area contributed by atoms with Crippen LogP contribution >= 0.6 is 23.5 Å². The van der Waals surface area contributed by atoms with Gasteiger partial charge in [-0.05, 0) is 12.8 Å². The van der Waals surface area contributed by atoms with Crippen LogP contribution in [0.15, 0.2) is 0 Å². The van der Waals surface area contributed by atoms with Crippen molar-refractivity contribution in [1.29, 1.82) is 0 Å². The van der Waals surface area contributed by atoms with Gasteiger partial charge in [0.15, 0.2) is 11.6 Å². The van der Waals surface area contributed by atoms with E-state index in [1.165, 1.54) is 30.4 Å². The Morgan fingerprint density at radius 3 is 1.83 bits per heavy atom. The van der Waals surface area contributed by atoms with Gasteiger partial charge in [-0.1, -0.05) is 27.7 Å². The molecule has 2 saturated heterocycles. The van der Waals surface area contributed by atoms with E-state index in [0.717, 1.165) is 12.8 Å². The van der Waals surface area contributed by atoms with E-state index in [-0.39, 0.29) is 17.1 Å². The lowest BCUT2D eigenvalue weighted by atomic mass is 10.0. The Labute approximate surface area is 146 Å². The number of hydrogen-bond acceptors (Lipinski definition) is 5. The molecule has 2 rings (SSSR count). The maximum Gasteiger partial charge on any atom is 0.303 e. The summed E-state index contributed by atoms with van der Waals surface area (Å²) in [5, 5.41) is 9.64. The van der Waals surface area contributed by atoms with E-state index in [1.807, 2.05) is 27.7 Å². The van der Waals surface area contributed by atoms with E-state index in [9.17, 15) is 13.6 Å². The summed E-state index contributed by atoms with van der Waals surface area (Å²) in [7, 11) is 0. The lowest BCUT2D eigenvalue weighted by molar-refractivity contribution is -0.144. The molecular weight excluding hydrogens is 342 g/mol. The number of alkyl halides is 2. The predicted octanol–water partition coefficient (Wildman–Crippen LogP) is 4.18. The Kier molecular flexibility index (Phi) is 8.66. The van der Waals surface area contributed by atoms with Crippen molar-refractivity contribution in [3.05, 3.63) is 0 Å². The van der Waals surface area contributed by atoms with Crippen molar-refractivity contribution < 1.29 is 23.4 Å². The molecule has 0 radical (unpaired) electrons. The minimum atomic E-state index is -1.02. The van der Waals surface area contributed by atoms with E-state index in [4.69, 9.17) is 9.84 Å². The maximum atomic E-state index is 13.5. The summed E-state index contributed by atoms with van der Waals surface area (Å²) in [6, 6.07) is 0. The summed E-state index contributed by atoms with van der Waals surface area (Å²) in [6.45, 7) is 9.10. The van der Waals surface area contributed by atoms with Gasteiger partial charge >= 0.3 is 5.97 Å². The van der Waals surface area contributed by atoms with E-state index < -0.39 is 29.2 Å². The number of aliphatic hydroxyl groups is 1. The van der Waals surface area contributed by atoms with Crippen molar-refractivity contribution in [1.82, 2.24) is 0 Å². The predicted molar refractivity (Wildman–Crippen MR) is 93.0 cm³/mol. The molecule has 0 bridgehead atoms. The van der Waals surface area contributed by atoms with E-state index >= 15 is 0 Å². The summed E-state index contributed by atoms with van der Waals surface area (Å²) in [5.41, 5.74) is -1.36. The van der Waals surface area contributed by atoms with Crippen molar-refractivity contribution in [2.45, 2.75) is 81.2 Å².